The maximum Gasteiger partial charge on any atom is 0.251 e. The van der Waals surface area contributed by atoms with Crippen molar-refractivity contribution in [2.45, 2.75) is 6.54 Å². The summed E-state index contributed by atoms with van der Waals surface area (Å²) >= 11 is 6.15. The Morgan fingerprint density at radius 1 is 1.56 bits per heavy atom. The number of amides is 1. The van der Waals surface area contributed by atoms with Gasteiger partial charge in [-0.25, -0.2) is 4.68 Å². The molecule has 0 saturated heterocycles. The Labute approximate surface area is 110 Å². The van der Waals surface area contributed by atoms with Gasteiger partial charge in [-0.2, -0.15) is 5.10 Å². The van der Waals surface area contributed by atoms with Crippen molar-refractivity contribution in [3.8, 4) is 5.69 Å². The number of hydrogen-bond acceptors (Lipinski definition) is 3. The van der Waals surface area contributed by atoms with Crippen LogP contribution in [0.15, 0.2) is 30.6 Å². The molecule has 1 aromatic carbocycles. The van der Waals surface area contributed by atoms with E-state index in [0.29, 0.717) is 17.1 Å². The van der Waals surface area contributed by atoms with Crippen LogP contribution >= 0.6 is 11.6 Å². The van der Waals surface area contributed by atoms with Gasteiger partial charge in [0.05, 0.1) is 17.4 Å². The van der Waals surface area contributed by atoms with Gasteiger partial charge in [0.25, 0.3) is 5.91 Å². The number of aromatic nitrogens is 2. The molecule has 1 aromatic heterocycles. The molecule has 0 aliphatic heterocycles. The van der Waals surface area contributed by atoms with Crippen LogP contribution in [-0.4, -0.2) is 22.7 Å². The average molecular weight is 265 g/mol. The van der Waals surface area contributed by atoms with Crippen molar-refractivity contribution in [1.82, 2.24) is 15.1 Å². The van der Waals surface area contributed by atoms with E-state index in [4.69, 9.17) is 17.3 Å². The lowest BCUT2D eigenvalue weighted by Gasteiger charge is -2.10. The molecule has 2 aromatic rings. The normalized spacial score (nSPS) is 10.6. The molecule has 0 fully saturated rings. The average Bonchev–Trinajstić information content (AvgIpc) is 2.81. The van der Waals surface area contributed by atoms with Gasteiger partial charge in [0.15, 0.2) is 0 Å². The summed E-state index contributed by atoms with van der Waals surface area (Å²) in [6.07, 6.45) is 3.03. The summed E-state index contributed by atoms with van der Waals surface area (Å²) in [4.78, 5) is 11.1. The van der Waals surface area contributed by atoms with Crippen molar-refractivity contribution in [3.05, 3.63) is 46.7 Å². The summed E-state index contributed by atoms with van der Waals surface area (Å²) in [6, 6.07) is 5.54. The Bertz CT molecular complexity index is 579. The zero-order valence-electron chi connectivity index (χ0n) is 9.85. The van der Waals surface area contributed by atoms with E-state index in [1.165, 1.54) is 6.20 Å². The number of carbonyl (C=O) groups excluding carboxylic acids is 1. The molecule has 1 amide bonds. The summed E-state index contributed by atoms with van der Waals surface area (Å²) in [5.74, 6) is -0.501. The van der Waals surface area contributed by atoms with E-state index in [-0.39, 0.29) is 0 Å². The third kappa shape index (κ3) is 2.37. The van der Waals surface area contributed by atoms with Crippen LogP contribution in [0.2, 0.25) is 5.02 Å². The fourth-order valence-electron chi connectivity index (χ4n) is 1.70. The first-order chi connectivity index (χ1) is 8.63. The lowest BCUT2D eigenvalue weighted by Crippen LogP contribution is -2.11. The third-order valence-electron chi connectivity index (χ3n) is 2.56. The fourth-order valence-corrected chi connectivity index (χ4v) is 1.93. The third-order valence-corrected chi connectivity index (χ3v) is 2.92. The standard InChI is InChI=1S/C12H13ClN4O/c1-15-6-9-10(13)3-2-4-11(9)17-7-8(5-16-17)12(14)18/h2-5,7,15H,6H2,1H3,(H2,14,18). The number of benzene rings is 1. The van der Waals surface area contributed by atoms with Crippen molar-refractivity contribution in [1.29, 1.82) is 0 Å². The molecule has 0 aliphatic rings. The van der Waals surface area contributed by atoms with Gasteiger partial charge in [-0.15, -0.1) is 0 Å². The predicted molar refractivity (Wildman–Crippen MR) is 69.9 cm³/mol. The van der Waals surface area contributed by atoms with Crippen molar-refractivity contribution in [3.63, 3.8) is 0 Å². The van der Waals surface area contributed by atoms with Gasteiger partial charge in [0.1, 0.15) is 0 Å². The van der Waals surface area contributed by atoms with E-state index in [1.807, 2.05) is 25.2 Å². The van der Waals surface area contributed by atoms with Crippen LogP contribution in [0.5, 0.6) is 0 Å². The highest BCUT2D eigenvalue weighted by Gasteiger charge is 2.11. The molecule has 18 heavy (non-hydrogen) atoms. The zero-order chi connectivity index (χ0) is 13.1. The molecule has 5 nitrogen and oxygen atoms in total. The molecule has 0 spiro atoms. The molecule has 94 valence electrons. The molecule has 3 N–H and O–H groups in total. The SMILES string of the molecule is CNCc1c(Cl)cccc1-n1cc(C(N)=O)cn1. The summed E-state index contributed by atoms with van der Waals surface area (Å²) in [7, 11) is 1.84. The second kappa shape index (κ2) is 5.20. The van der Waals surface area contributed by atoms with E-state index in [2.05, 4.69) is 10.4 Å². The van der Waals surface area contributed by atoms with Gasteiger partial charge < -0.3 is 11.1 Å². The number of halogens is 1. The molecule has 0 bridgehead atoms. The summed E-state index contributed by atoms with van der Waals surface area (Å²) in [5, 5.41) is 7.82. The number of nitrogens with two attached hydrogens (primary N) is 1. The Hall–Kier alpha value is -1.85. The number of rotatable bonds is 4. The maximum atomic E-state index is 11.1. The van der Waals surface area contributed by atoms with Gasteiger partial charge in [0, 0.05) is 23.3 Å². The Kier molecular flexibility index (Phi) is 3.64. The zero-order valence-corrected chi connectivity index (χ0v) is 10.6. The van der Waals surface area contributed by atoms with E-state index in [0.717, 1.165) is 11.3 Å². The fraction of sp³-hybridized carbons (Fsp3) is 0.167. The molecule has 0 atom stereocenters. The van der Waals surface area contributed by atoms with Crippen LogP contribution in [0.3, 0.4) is 0 Å². The molecular weight excluding hydrogens is 252 g/mol. The number of nitrogens with zero attached hydrogens (tertiary/aromatic N) is 2. The highest BCUT2D eigenvalue weighted by molar-refractivity contribution is 6.31. The molecule has 2 rings (SSSR count). The molecule has 0 unspecified atom stereocenters. The van der Waals surface area contributed by atoms with Crippen molar-refractivity contribution in [2.75, 3.05) is 7.05 Å². The second-order valence-corrected chi connectivity index (χ2v) is 4.21. The topological polar surface area (TPSA) is 72.9 Å². The molecular formula is C12H13ClN4O. The van der Waals surface area contributed by atoms with Gasteiger partial charge >= 0.3 is 0 Å². The predicted octanol–water partition coefficient (Wildman–Crippen LogP) is 1.34. The van der Waals surface area contributed by atoms with Gasteiger partial charge in [-0.3, -0.25) is 4.79 Å². The van der Waals surface area contributed by atoms with Gasteiger partial charge in [-0.1, -0.05) is 17.7 Å². The molecule has 6 heteroatoms. The van der Waals surface area contributed by atoms with Crippen molar-refractivity contribution < 1.29 is 4.79 Å². The minimum atomic E-state index is -0.501. The number of primary amides is 1. The summed E-state index contributed by atoms with van der Waals surface area (Å²) in [6.45, 7) is 0.612. The van der Waals surface area contributed by atoms with Crippen LogP contribution < -0.4 is 11.1 Å². The first-order valence-electron chi connectivity index (χ1n) is 5.40. The molecule has 0 saturated carbocycles. The quantitative estimate of drug-likeness (QED) is 0.875. The van der Waals surface area contributed by atoms with E-state index >= 15 is 0 Å². The minimum absolute atomic E-state index is 0.366. The van der Waals surface area contributed by atoms with Gasteiger partial charge in [0.2, 0.25) is 0 Å². The van der Waals surface area contributed by atoms with Crippen molar-refractivity contribution >= 4 is 17.5 Å². The van der Waals surface area contributed by atoms with Crippen LogP contribution in [0, 0.1) is 0 Å². The molecule has 0 radical (unpaired) electrons. The Morgan fingerprint density at radius 3 is 2.94 bits per heavy atom. The number of hydrogen-bond donors (Lipinski definition) is 2. The smallest absolute Gasteiger partial charge is 0.251 e. The molecule has 0 aliphatic carbocycles. The van der Waals surface area contributed by atoms with E-state index in [9.17, 15) is 4.79 Å². The number of carbonyl (C=O) groups is 1. The second-order valence-electron chi connectivity index (χ2n) is 3.81. The van der Waals surface area contributed by atoms with Crippen molar-refractivity contribution in [2.24, 2.45) is 5.73 Å². The highest BCUT2D eigenvalue weighted by Crippen LogP contribution is 2.23. The van der Waals surface area contributed by atoms with Gasteiger partial charge in [-0.05, 0) is 19.2 Å². The lowest BCUT2D eigenvalue weighted by atomic mass is 10.1. The Morgan fingerprint density at radius 2 is 2.33 bits per heavy atom. The molecule has 1 heterocycles. The summed E-state index contributed by atoms with van der Waals surface area (Å²) in [5.41, 5.74) is 7.31. The van der Waals surface area contributed by atoms with Crippen LogP contribution in [0.4, 0.5) is 0 Å². The first kappa shape index (κ1) is 12.6. The van der Waals surface area contributed by atoms with Crippen LogP contribution in [0.25, 0.3) is 5.69 Å². The minimum Gasteiger partial charge on any atom is -0.366 e. The maximum absolute atomic E-state index is 11.1. The lowest BCUT2D eigenvalue weighted by molar-refractivity contribution is 0.100. The van der Waals surface area contributed by atoms with E-state index < -0.39 is 5.91 Å². The first-order valence-corrected chi connectivity index (χ1v) is 5.78. The Balaban J connectivity index is 2.49. The highest BCUT2D eigenvalue weighted by atomic mass is 35.5. The van der Waals surface area contributed by atoms with Crippen LogP contribution in [-0.2, 0) is 6.54 Å². The monoisotopic (exact) mass is 264 g/mol. The largest absolute Gasteiger partial charge is 0.366 e. The summed E-state index contributed by atoms with van der Waals surface area (Å²) < 4.78 is 1.60. The number of nitrogens with one attached hydrogen (secondary N) is 1. The van der Waals surface area contributed by atoms with Crippen LogP contribution in [0.1, 0.15) is 15.9 Å². The van der Waals surface area contributed by atoms with E-state index in [1.54, 1.807) is 10.9 Å².